The molecule has 1 aromatic heterocycles. The lowest BCUT2D eigenvalue weighted by Crippen LogP contribution is -2.41. The van der Waals surface area contributed by atoms with E-state index in [2.05, 4.69) is 10.3 Å². The number of carbonyl (C=O) groups excluding carboxylic acids is 1. The quantitative estimate of drug-likeness (QED) is 0.938. The maximum Gasteiger partial charge on any atom is 0.225 e. The molecule has 1 amide bonds. The number of hydrogen-bond acceptors (Lipinski definition) is 2. The molecule has 0 aliphatic rings. The van der Waals surface area contributed by atoms with Crippen molar-refractivity contribution >= 4 is 17.5 Å². The van der Waals surface area contributed by atoms with Crippen molar-refractivity contribution in [1.29, 1.82) is 0 Å². The third kappa shape index (κ3) is 3.81. The monoisotopic (exact) mass is 288 g/mol. The summed E-state index contributed by atoms with van der Waals surface area (Å²) in [5.41, 5.74) is 1.54. The number of pyridine rings is 1. The maximum absolute atomic E-state index is 12.1. The molecule has 0 fully saturated rings. The fourth-order valence-electron chi connectivity index (χ4n) is 2.02. The van der Waals surface area contributed by atoms with Gasteiger partial charge in [-0.15, -0.1) is 0 Å². The van der Waals surface area contributed by atoms with Crippen molar-refractivity contribution in [3.63, 3.8) is 0 Å². The van der Waals surface area contributed by atoms with Gasteiger partial charge in [0, 0.05) is 17.4 Å². The molecular formula is C16H17ClN2O. The Morgan fingerprint density at radius 2 is 1.75 bits per heavy atom. The van der Waals surface area contributed by atoms with Crippen molar-refractivity contribution in [3.05, 3.63) is 64.9 Å². The van der Waals surface area contributed by atoms with Crippen LogP contribution in [0.25, 0.3) is 0 Å². The highest BCUT2D eigenvalue weighted by molar-refractivity contribution is 6.30. The Bertz CT molecular complexity index is 579. The van der Waals surface area contributed by atoms with Crippen LogP contribution in [0.15, 0.2) is 48.8 Å². The molecule has 0 saturated heterocycles. The summed E-state index contributed by atoms with van der Waals surface area (Å²) in [6.45, 7) is 3.95. The highest BCUT2D eigenvalue weighted by Crippen LogP contribution is 2.19. The summed E-state index contributed by atoms with van der Waals surface area (Å²) < 4.78 is 0. The number of hydrogen-bond donors (Lipinski definition) is 1. The Morgan fingerprint density at radius 1 is 1.15 bits per heavy atom. The minimum atomic E-state index is -0.424. The lowest BCUT2D eigenvalue weighted by molar-refractivity contribution is -0.122. The number of rotatable bonds is 4. The normalized spacial score (nSPS) is 11.2. The lowest BCUT2D eigenvalue weighted by Gasteiger charge is -2.26. The molecule has 1 N–H and O–H groups in total. The van der Waals surface area contributed by atoms with Crippen LogP contribution in [-0.2, 0) is 16.8 Å². The first-order valence-electron chi connectivity index (χ1n) is 6.43. The fraction of sp³-hybridized carbons (Fsp3) is 0.250. The standard InChI is InChI=1S/C16H17ClN2O/c1-16(2,13-7-9-18-10-8-13)19-15(20)11-12-3-5-14(17)6-4-12/h3-10H,11H2,1-2H3,(H,19,20). The minimum Gasteiger partial charge on any atom is -0.347 e. The van der Waals surface area contributed by atoms with E-state index in [0.29, 0.717) is 11.4 Å². The first-order valence-corrected chi connectivity index (χ1v) is 6.81. The smallest absolute Gasteiger partial charge is 0.225 e. The molecule has 0 saturated carbocycles. The van der Waals surface area contributed by atoms with E-state index < -0.39 is 5.54 Å². The predicted octanol–water partition coefficient (Wildman–Crippen LogP) is 3.33. The summed E-state index contributed by atoms with van der Waals surface area (Å²) in [6, 6.07) is 11.1. The summed E-state index contributed by atoms with van der Waals surface area (Å²) in [7, 11) is 0. The van der Waals surface area contributed by atoms with Crippen LogP contribution in [0.4, 0.5) is 0 Å². The summed E-state index contributed by atoms with van der Waals surface area (Å²) in [5, 5.41) is 3.71. The highest BCUT2D eigenvalue weighted by atomic mass is 35.5. The molecule has 0 bridgehead atoms. The van der Waals surface area contributed by atoms with Gasteiger partial charge in [-0.3, -0.25) is 9.78 Å². The van der Waals surface area contributed by atoms with Crippen molar-refractivity contribution in [1.82, 2.24) is 10.3 Å². The van der Waals surface area contributed by atoms with Gasteiger partial charge in [0.2, 0.25) is 5.91 Å². The Labute approximate surface area is 124 Å². The molecule has 0 spiro atoms. The summed E-state index contributed by atoms with van der Waals surface area (Å²) in [4.78, 5) is 16.1. The first-order chi connectivity index (χ1) is 9.47. The molecule has 0 unspecified atom stereocenters. The Balaban J connectivity index is 2.02. The number of amides is 1. The Morgan fingerprint density at radius 3 is 2.35 bits per heavy atom. The molecule has 4 heteroatoms. The summed E-state index contributed by atoms with van der Waals surface area (Å²) >= 11 is 5.83. The van der Waals surface area contributed by atoms with Gasteiger partial charge < -0.3 is 5.32 Å². The van der Waals surface area contributed by atoms with Gasteiger partial charge in [-0.1, -0.05) is 23.7 Å². The number of nitrogens with zero attached hydrogens (tertiary/aromatic N) is 1. The summed E-state index contributed by atoms with van der Waals surface area (Å²) in [6.07, 6.45) is 3.79. The van der Waals surface area contributed by atoms with Crippen molar-refractivity contribution in [2.75, 3.05) is 0 Å². The fourth-order valence-corrected chi connectivity index (χ4v) is 2.15. The van der Waals surface area contributed by atoms with Gasteiger partial charge in [0.15, 0.2) is 0 Å². The Kier molecular flexibility index (Phi) is 4.40. The first kappa shape index (κ1) is 14.5. The van der Waals surface area contributed by atoms with E-state index in [9.17, 15) is 4.79 Å². The van der Waals surface area contributed by atoms with E-state index >= 15 is 0 Å². The van der Waals surface area contributed by atoms with Crippen LogP contribution in [0.1, 0.15) is 25.0 Å². The van der Waals surface area contributed by atoms with E-state index in [1.165, 1.54) is 0 Å². The second-order valence-electron chi connectivity index (χ2n) is 5.21. The predicted molar refractivity (Wildman–Crippen MR) is 80.6 cm³/mol. The van der Waals surface area contributed by atoms with Crippen molar-refractivity contribution in [3.8, 4) is 0 Å². The van der Waals surface area contributed by atoms with Gasteiger partial charge in [-0.2, -0.15) is 0 Å². The molecule has 104 valence electrons. The van der Waals surface area contributed by atoms with Crippen molar-refractivity contribution < 1.29 is 4.79 Å². The molecule has 20 heavy (non-hydrogen) atoms. The number of nitrogens with one attached hydrogen (secondary N) is 1. The third-order valence-electron chi connectivity index (χ3n) is 3.13. The van der Waals surface area contributed by atoms with Gasteiger partial charge in [-0.25, -0.2) is 0 Å². The molecule has 1 heterocycles. The van der Waals surface area contributed by atoms with Crippen LogP contribution in [0.3, 0.4) is 0 Å². The van der Waals surface area contributed by atoms with E-state index in [1.807, 2.05) is 38.1 Å². The molecule has 0 aliphatic heterocycles. The average Bonchev–Trinajstić information content (AvgIpc) is 2.42. The van der Waals surface area contributed by atoms with E-state index in [1.54, 1.807) is 24.5 Å². The zero-order chi connectivity index (χ0) is 14.6. The van der Waals surface area contributed by atoms with Crippen LogP contribution < -0.4 is 5.32 Å². The molecule has 0 radical (unpaired) electrons. The van der Waals surface area contributed by atoms with Gasteiger partial charge in [0.25, 0.3) is 0 Å². The van der Waals surface area contributed by atoms with Gasteiger partial charge in [-0.05, 0) is 49.2 Å². The summed E-state index contributed by atoms with van der Waals surface area (Å²) in [5.74, 6) is -0.0193. The maximum atomic E-state index is 12.1. The van der Waals surface area contributed by atoms with Gasteiger partial charge in [0.1, 0.15) is 0 Å². The third-order valence-corrected chi connectivity index (χ3v) is 3.38. The molecule has 0 atom stereocenters. The lowest BCUT2D eigenvalue weighted by atomic mass is 9.95. The van der Waals surface area contributed by atoms with E-state index in [-0.39, 0.29) is 5.91 Å². The van der Waals surface area contributed by atoms with Crippen LogP contribution >= 0.6 is 11.6 Å². The van der Waals surface area contributed by atoms with E-state index in [4.69, 9.17) is 11.6 Å². The minimum absolute atomic E-state index is 0.0193. The van der Waals surface area contributed by atoms with Crippen LogP contribution in [-0.4, -0.2) is 10.9 Å². The second kappa shape index (κ2) is 6.06. The van der Waals surface area contributed by atoms with Gasteiger partial charge in [0.05, 0.1) is 12.0 Å². The molecule has 3 nitrogen and oxygen atoms in total. The number of benzene rings is 1. The van der Waals surface area contributed by atoms with Crippen LogP contribution in [0.5, 0.6) is 0 Å². The van der Waals surface area contributed by atoms with Gasteiger partial charge >= 0.3 is 0 Å². The molecule has 2 aromatic rings. The van der Waals surface area contributed by atoms with E-state index in [0.717, 1.165) is 11.1 Å². The molecular weight excluding hydrogens is 272 g/mol. The second-order valence-corrected chi connectivity index (χ2v) is 5.65. The number of aromatic nitrogens is 1. The van der Waals surface area contributed by atoms with Crippen molar-refractivity contribution in [2.45, 2.75) is 25.8 Å². The zero-order valence-electron chi connectivity index (χ0n) is 11.6. The topological polar surface area (TPSA) is 42.0 Å². The molecule has 2 rings (SSSR count). The van der Waals surface area contributed by atoms with Crippen LogP contribution in [0.2, 0.25) is 5.02 Å². The molecule has 0 aliphatic carbocycles. The van der Waals surface area contributed by atoms with Crippen molar-refractivity contribution in [2.24, 2.45) is 0 Å². The average molecular weight is 289 g/mol. The largest absolute Gasteiger partial charge is 0.347 e. The SMILES string of the molecule is CC(C)(NC(=O)Cc1ccc(Cl)cc1)c1ccncc1. The number of halogens is 1. The Hall–Kier alpha value is -1.87. The molecule has 1 aromatic carbocycles. The zero-order valence-corrected chi connectivity index (χ0v) is 12.3. The van der Waals surface area contributed by atoms with Crippen LogP contribution in [0, 0.1) is 0 Å². The number of carbonyl (C=O) groups is 1. The highest BCUT2D eigenvalue weighted by Gasteiger charge is 2.22.